The number of likely N-dealkylation sites (tertiary alicyclic amines) is 1. The Morgan fingerprint density at radius 3 is 3.16 bits per heavy atom. The highest BCUT2D eigenvalue weighted by atomic mass is 16.5. The van der Waals surface area contributed by atoms with Crippen molar-refractivity contribution in [3.63, 3.8) is 0 Å². The van der Waals surface area contributed by atoms with E-state index in [0.717, 1.165) is 32.2 Å². The van der Waals surface area contributed by atoms with E-state index in [-0.39, 0.29) is 11.9 Å². The van der Waals surface area contributed by atoms with Gasteiger partial charge >= 0.3 is 0 Å². The third-order valence-electron chi connectivity index (χ3n) is 4.37. The van der Waals surface area contributed by atoms with Crippen LogP contribution in [0.25, 0.3) is 0 Å². The first kappa shape index (κ1) is 17.5. The maximum atomic E-state index is 12.7. The molecule has 0 bridgehead atoms. The molecule has 0 unspecified atom stereocenters. The van der Waals surface area contributed by atoms with Gasteiger partial charge in [-0.25, -0.2) is 4.98 Å². The van der Waals surface area contributed by atoms with E-state index in [1.54, 1.807) is 18.1 Å². The van der Waals surface area contributed by atoms with Gasteiger partial charge in [0.05, 0.1) is 6.61 Å². The summed E-state index contributed by atoms with van der Waals surface area (Å²) in [6, 6.07) is -0.114. The van der Waals surface area contributed by atoms with Gasteiger partial charge in [-0.3, -0.25) is 9.48 Å². The number of hydrogen-bond donors (Lipinski definition) is 0. The molecular formula is C16H24N6O3. The SMILES string of the molecule is COCCc1noc([C@H]2CCCCN2C(=O)CCCn2cncn2)n1. The molecule has 1 fully saturated rings. The first-order chi connectivity index (χ1) is 12.3. The van der Waals surface area contributed by atoms with Crippen molar-refractivity contribution >= 4 is 5.91 Å². The number of amides is 1. The lowest BCUT2D eigenvalue weighted by atomic mass is 10.0. The number of rotatable bonds is 8. The summed E-state index contributed by atoms with van der Waals surface area (Å²) < 4.78 is 12.2. The number of aryl methyl sites for hydroxylation is 1. The topological polar surface area (TPSA) is 99.2 Å². The van der Waals surface area contributed by atoms with Crippen LogP contribution in [0.3, 0.4) is 0 Å². The van der Waals surface area contributed by atoms with Crippen LogP contribution in [-0.4, -0.2) is 56.0 Å². The molecular weight excluding hydrogens is 324 g/mol. The smallest absolute Gasteiger partial charge is 0.249 e. The predicted octanol–water partition coefficient (Wildman–Crippen LogP) is 1.38. The Bertz CT molecular complexity index is 657. The predicted molar refractivity (Wildman–Crippen MR) is 87.4 cm³/mol. The summed E-state index contributed by atoms with van der Waals surface area (Å²) in [7, 11) is 1.64. The molecule has 1 amide bonds. The lowest BCUT2D eigenvalue weighted by Crippen LogP contribution is -2.38. The summed E-state index contributed by atoms with van der Waals surface area (Å²) >= 11 is 0. The van der Waals surface area contributed by atoms with Crippen LogP contribution in [0.1, 0.15) is 49.9 Å². The van der Waals surface area contributed by atoms with Gasteiger partial charge in [-0.05, 0) is 25.7 Å². The summed E-state index contributed by atoms with van der Waals surface area (Å²) in [6.45, 7) is 1.98. The number of methoxy groups -OCH3 is 1. The highest BCUT2D eigenvalue weighted by Gasteiger charge is 2.31. The van der Waals surface area contributed by atoms with Crippen molar-refractivity contribution in [2.75, 3.05) is 20.3 Å². The van der Waals surface area contributed by atoms with E-state index in [9.17, 15) is 4.79 Å². The van der Waals surface area contributed by atoms with Crippen LogP contribution in [0.5, 0.6) is 0 Å². The Kier molecular flexibility index (Phi) is 6.10. The van der Waals surface area contributed by atoms with Gasteiger partial charge in [0, 0.05) is 33.0 Å². The minimum absolute atomic E-state index is 0.114. The largest absolute Gasteiger partial charge is 0.384 e. The molecule has 1 aliphatic rings. The van der Waals surface area contributed by atoms with Crippen LogP contribution in [0, 0.1) is 0 Å². The van der Waals surface area contributed by atoms with E-state index >= 15 is 0 Å². The molecule has 0 aromatic carbocycles. The number of hydrogen-bond acceptors (Lipinski definition) is 7. The average Bonchev–Trinajstić information content (AvgIpc) is 3.32. The first-order valence-electron chi connectivity index (χ1n) is 8.71. The number of ether oxygens (including phenoxy) is 1. The molecule has 2 aromatic heterocycles. The third-order valence-corrected chi connectivity index (χ3v) is 4.37. The van der Waals surface area contributed by atoms with Crippen molar-refractivity contribution in [1.82, 2.24) is 29.8 Å². The number of carbonyl (C=O) groups is 1. The van der Waals surface area contributed by atoms with Crippen molar-refractivity contribution in [3.05, 3.63) is 24.4 Å². The second-order valence-corrected chi connectivity index (χ2v) is 6.15. The van der Waals surface area contributed by atoms with Crippen LogP contribution >= 0.6 is 0 Å². The molecule has 25 heavy (non-hydrogen) atoms. The van der Waals surface area contributed by atoms with E-state index in [2.05, 4.69) is 20.2 Å². The number of aromatic nitrogens is 5. The highest BCUT2D eigenvalue weighted by Crippen LogP contribution is 2.30. The van der Waals surface area contributed by atoms with Crippen LogP contribution in [-0.2, 0) is 22.5 Å². The Morgan fingerprint density at radius 2 is 2.36 bits per heavy atom. The van der Waals surface area contributed by atoms with Crippen molar-refractivity contribution in [3.8, 4) is 0 Å². The summed E-state index contributed by atoms with van der Waals surface area (Å²) in [5, 5.41) is 8.05. The van der Waals surface area contributed by atoms with Crippen LogP contribution in [0.4, 0.5) is 0 Å². The second kappa shape index (κ2) is 8.70. The minimum Gasteiger partial charge on any atom is -0.384 e. The molecule has 9 nitrogen and oxygen atoms in total. The van der Waals surface area contributed by atoms with Crippen molar-refractivity contribution in [1.29, 1.82) is 0 Å². The van der Waals surface area contributed by atoms with Gasteiger partial charge in [0.15, 0.2) is 5.82 Å². The molecule has 0 spiro atoms. The molecule has 0 radical (unpaired) electrons. The maximum absolute atomic E-state index is 12.7. The fraction of sp³-hybridized carbons (Fsp3) is 0.688. The van der Waals surface area contributed by atoms with Crippen molar-refractivity contribution < 1.29 is 14.1 Å². The van der Waals surface area contributed by atoms with Crippen molar-refractivity contribution in [2.24, 2.45) is 0 Å². The Balaban J connectivity index is 1.57. The van der Waals surface area contributed by atoms with E-state index in [1.165, 1.54) is 6.33 Å². The number of piperidine rings is 1. The lowest BCUT2D eigenvalue weighted by Gasteiger charge is -2.33. The standard InChI is InChI=1S/C16H24N6O3/c1-24-10-7-14-19-16(25-20-14)13-5-2-3-9-22(13)15(23)6-4-8-21-12-17-11-18-21/h11-13H,2-10H2,1H3/t13-/m1/s1. The molecule has 0 N–H and O–H groups in total. The molecule has 1 atom stereocenters. The molecule has 3 heterocycles. The monoisotopic (exact) mass is 348 g/mol. The average molecular weight is 348 g/mol. The highest BCUT2D eigenvalue weighted by molar-refractivity contribution is 5.76. The summed E-state index contributed by atoms with van der Waals surface area (Å²) in [5.74, 6) is 1.29. The van der Waals surface area contributed by atoms with Gasteiger partial charge in [0.1, 0.15) is 18.7 Å². The summed E-state index contributed by atoms with van der Waals surface area (Å²) in [5.41, 5.74) is 0. The normalized spacial score (nSPS) is 17.8. The Labute approximate surface area is 146 Å². The van der Waals surface area contributed by atoms with E-state index in [4.69, 9.17) is 9.26 Å². The van der Waals surface area contributed by atoms with Crippen LogP contribution < -0.4 is 0 Å². The minimum atomic E-state index is -0.114. The molecule has 1 saturated heterocycles. The van der Waals surface area contributed by atoms with Gasteiger partial charge in [-0.2, -0.15) is 10.1 Å². The fourth-order valence-electron chi connectivity index (χ4n) is 3.07. The molecule has 9 heteroatoms. The maximum Gasteiger partial charge on any atom is 0.249 e. The summed E-state index contributed by atoms with van der Waals surface area (Å²) in [6.07, 6.45) is 7.90. The van der Waals surface area contributed by atoms with E-state index in [1.807, 2.05) is 4.90 Å². The van der Waals surface area contributed by atoms with Gasteiger partial charge in [-0.15, -0.1) is 0 Å². The van der Waals surface area contributed by atoms with Gasteiger partial charge < -0.3 is 14.2 Å². The Morgan fingerprint density at radius 1 is 1.44 bits per heavy atom. The second-order valence-electron chi connectivity index (χ2n) is 6.15. The first-order valence-corrected chi connectivity index (χ1v) is 8.71. The fourth-order valence-corrected chi connectivity index (χ4v) is 3.07. The van der Waals surface area contributed by atoms with Crippen molar-refractivity contribution in [2.45, 2.75) is 51.1 Å². The molecule has 136 valence electrons. The zero-order valence-electron chi connectivity index (χ0n) is 14.5. The number of nitrogens with zero attached hydrogens (tertiary/aromatic N) is 6. The van der Waals surface area contributed by atoms with E-state index in [0.29, 0.717) is 37.7 Å². The van der Waals surface area contributed by atoms with Crippen LogP contribution in [0.2, 0.25) is 0 Å². The molecule has 0 saturated carbocycles. The molecule has 0 aliphatic carbocycles. The lowest BCUT2D eigenvalue weighted by molar-refractivity contribution is -0.135. The summed E-state index contributed by atoms with van der Waals surface area (Å²) in [4.78, 5) is 22.9. The van der Waals surface area contributed by atoms with Crippen LogP contribution in [0.15, 0.2) is 17.2 Å². The molecule has 3 rings (SSSR count). The number of carbonyl (C=O) groups excluding carboxylic acids is 1. The van der Waals surface area contributed by atoms with Gasteiger partial charge in [0.2, 0.25) is 11.8 Å². The third kappa shape index (κ3) is 4.62. The quantitative estimate of drug-likeness (QED) is 0.710. The molecule has 1 aliphatic heterocycles. The Hall–Kier alpha value is -2.29. The van der Waals surface area contributed by atoms with Gasteiger partial charge in [0.25, 0.3) is 0 Å². The van der Waals surface area contributed by atoms with E-state index < -0.39 is 0 Å². The molecule has 2 aromatic rings. The van der Waals surface area contributed by atoms with Gasteiger partial charge in [-0.1, -0.05) is 5.16 Å². The zero-order chi connectivity index (χ0) is 17.5. The zero-order valence-corrected chi connectivity index (χ0v) is 14.5.